The van der Waals surface area contributed by atoms with Crippen LogP contribution in [0, 0.1) is 16.0 Å². The Hall–Kier alpha value is -3.76. The molecule has 0 amide bonds. The van der Waals surface area contributed by atoms with Crippen LogP contribution >= 0.6 is 0 Å². The topological polar surface area (TPSA) is 192 Å². The number of carboxylic acids is 4. The summed E-state index contributed by atoms with van der Waals surface area (Å²) in [6.45, 7) is 0. The molecular weight excluding hydrogens is 342 g/mol. The Bertz CT molecular complexity index is 854. The van der Waals surface area contributed by atoms with Crippen LogP contribution in [0.25, 0.3) is 5.57 Å². The number of aliphatic carboxylic acids is 4. The summed E-state index contributed by atoms with van der Waals surface area (Å²) < 4.78 is 0. The van der Waals surface area contributed by atoms with E-state index in [2.05, 4.69) is 0 Å². The highest BCUT2D eigenvalue weighted by molar-refractivity contribution is 6.25. The maximum atomic E-state index is 11.8. The minimum absolute atomic E-state index is 0.538. The van der Waals surface area contributed by atoms with Crippen molar-refractivity contribution in [3.05, 3.63) is 51.1 Å². The number of carbonyl (C=O) groups is 4. The van der Waals surface area contributed by atoms with Crippen LogP contribution in [0.1, 0.15) is 11.1 Å². The molecule has 0 saturated heterocycles. The molecule has 1 aliphatic carbocycles. The van der Waals surface area contributed by atoms with Crippen molar-refractivity contribution in [3.63, 3.8) is 0 Å². The van der Waals surface area contributed by atoms with E-state index in [1.807, 2.05) is 0 Å². The number of fused-ring (bicyclic) bond motifs is 1. The molecule has 1 aromatic carbocycles. The molecule has 4 N–H and O–H groups in total. The van der Waals surface area contributed by atoms with Crippen molar-refractivity contribution in [2.75, 3.05) is 0 Å². The molecule has 0 bridgehead atoms. The van der Waals surface area contributed by atoms with Crippen LogP contribution in [-0.4, -0.2) is 49.2 Å². The zero-order valence-corrected chi connectivity index (χ0v) is 12.1. The standard InChI is InChI=1S/C14H9NO10/c16-10(17)7-5-3-1-2-4-6(5)14(13(22)23,15(24)25)9(12(20)21)8(7)11(18)19/h1-4,9H,(H,16,17)(H,18,19)(H,20,21)(H,22,23). The number of rotatable bonds is 5. The van der Waals surface area contributed by atoms with Gasteiger partial charge in [0, 0.05) is 16.1 Å². The summed E-state index contributed by atoms with van der Waals surface area (Å²) in [7, 11) is 0. The Balaban J connectivity index is 3.16. The Labute approximate surface area is 137 Å². The predicted octanol–water partition coefficient (Wildman–Crippen LogP) is -0.120. The molecule has 0 spiro atoms. The first kappa shape index (κ1) is 17.6. The number of nitro groups is 1. The summed E-state index contributed by atoms with van der Waals surface area (Å²) in [6.07, 6.45) is 0. The van der Waals surface area contributed by atoms with Gasteiger partial charge in [0.05, 0.1) is 11.1 Å². The van der Waals surface area contributed by atoms with Crippen LogP contribution in [0.5, 0.6) is 0 Å². The number of carboxylic acid groups (broad SMARTS) is 4. The van der Waals surface area contributed by atoms with Crippen molar-refractivity contribution in [2.24, 2.45) is 5.92 Å². The zero-order valence-electron chi connectivity index (χ0n) is 12.1. The van der Waals surface area contributed by atoms with Gasteiger partial charge in [0.25, 0.3) is 0 Å². The number of hydrogen-bond donors (Lipinski definition) is 4. The lowest BCUT2D eigenvalue weighted by Crippen LogP contribution is -2.56. The maximum absolute atomic E-state index is 11.8. The van der Waals surface area contributed by atoms with Gasteiger partial charge in [0.2, 0.25) is 0 Å². The lowest BCUT2D eigenvalue weighted by Gasteiger charge is -2.33. The van der Waals surface area contributed by atoms with Crippen LogP contribution in [0.3, 0.4) is 0 Å². The first-order valence-corrected chi connectivity index (χ1v) is 6.49. The molecule has 0 heterocycles. The van der Waals surface area contributed by atoms with E-state index >= 15 is 0 Å². The second kappa shape index (κ2) is 5.70. The Morgan fingerprint density at radius 2 is 1.56 bits per heavy atom. The van der Waals surface area contributed by atoms with E-state index < -0.39 is 62.5 Å². The fourth-order valence-electron chi connectivity index (χ4n) is 2.97. The number of nitrogens with zero attached hydrogens (tertiary/aromatic N) is 1. The highest BCUT2D eigenvalue weighted by Gasteiger charge is 2.68. The minimum Gasteiger partial charge on any atom is -0.481 e. The average Bonchev–Trinajstić information content (AvgIpc) is 2.50. The summed E-state index contributed by atoms with van der Waals surface area (Å²) >= 11 is 0. The second-order valence-electron chi connectivity index (χ2n) is 5.04. The molecular formula is C14H9NO10. The predicted molar refractivity (Wildman–Crippen MR) is 76.1 cm³/mol. The molecule has 2 rings (SSSR count). The van der Waals surface area contributed by atoms with Gasteiger partial charge in [-0.3, -0.25) is 14.9 Å². The normalized spacial score (nSPS) is 22.0. The molecule has 2 atom stereocenters. The summed E-state index contributed by atoms with van der Waals surface area (Å²) in [5.74, 6) is -11.0. The third-order valence-corrected chi connectivity index (χ3v) is 3.89. The van der Waals surface area contributed by atoms with Gasteiger partial charge in [-0.25, -0.2) is 14.4 Å². The Kier molecular flexibility index (Phi) is 4.01. The molecule has 11 heteroatoms. The van der Waals surface area contributed by atoms with E-state index in [9.17, 15) is 49.7 Å². The van der Waals surface area contributed by atoms with E-state index in [4.69, 9.17) is 0 Å². The fraction of sp³-hybridized carbons (Fsp3) is 0.143. The SMILES string of the molecule is O=C(O)C1=C(C(=O)O)C(C(=O)O)C(C(=O)O)([N+](=O)[O-])c2ccccc21. The smallest absolute Gasteiger partial charge is 0.388 e. The molecule has 0 saturated carbocycles. The molecule has 1 aromatic rings. The lowest BCUT2D eigenvalue weighted by atomic mass is 9.66. The molecule has 0 aromatic heterocycles. The van der Waals surface area contributed by atoms with Crippen LogP contribution in [0.4, 0.5) is 0 Å². The van der Waals surface area contributed by atoms with Crippen LogP contribution in [-0.2, 0) is 24.7 Å². The molecule has 25 heavy (non-hydrogen) atoms. The van der Waals surface area contributed by atoms with Crippen molar-refractivity contribution < 1.29 is 44.5 Å². The van der Waals surface area contributed by atoms with E-state index in [0.717, 1.165) is 18.2 Å². The van der Waals surface area contributed by atoms with Gasteiger partial charge in [-0.05, 0) is 0 Å². The van der Waals surface area contributed by atoms with Crippen molar-refractivity contribution in [1.29, 1.82) is 0 Å². The average molecular weight is 351 g/mol. The van der Waals surface area contributed by atoms with Gasteiger partial charge in [0.15, 0.2) is 5.92 Å². The van der Waals surface area contributed by atoms with Gasteiger partial charge < -0.3 is 20.4 Å². The summed E-state index contributed by atoms with van der Waals surface area (Å²) in [5, 5.41) is 49.1. The van der Waals surface area contributed by atoms with E-state index in [0.29, 0.717) is 0 Å². The second-order valence-corrected chi connectivity index (χ2v) is 5.04. The van der Waals surface area contributed by atoms with Crippen LogP contribution in [0.2, 0.25) is 0 Å². The van der Waals surface area contributed by atoms with Gasteiger partial charge in [-0.1, -0.05) is 24.3 Å². The van der Waals surface area contributed by atoms with Crippen molar-refractivity contribution in [2.45, 2.75) is 5.54 Å². The molecule has 1 aliphatic rings. The Morgan fingerprint density at radius 3 is 1.96 bits per heavy atom. The fourth-order valence-corrected chi connectivity index (χ4v) is 2.97. The van der Waals surface area contributed by atoms with E-state index in [1.54, 1.807) is 0 Å². The summed E-state index contributed by atoms with van der Waals surface area (Å²) in [5.41, 5.74) is -7.03. The van der Waals surface area contributed by atoms with E-state index in [-0.39, 0.29) is 0 Å². The van der Waals surface area contributed by atoms with Gasteiger partial charge in [-0.15, -0.1) is 0 Å². The number of benzene rings is 1. The lowest BCUT2D eigenvalue weighted by molar-refractivity contribution is -0.570. The first-order valence-electron chi connectivity index (χ1n) is 6.49. The maximum Gasteiger partial charge on any atom is 0.388 e. The monoisotopic (exact) mass is 351 g/mol. The molecule has 0 fully saturated rings. The van der Waals surface area contributed by atoms with Crippen molar-refractivity contribution in [3.8, 4) is 0 Å². The molecule has 11 nitrogen and oxygen atoms in total. The van der Waals surface area contributed by atoms with Gasteiger partial charge in [0.1, 0.15) is 0 Å². The van der Waals surface area contributed by atoms with Crippen LogP contribution in [0.15, 0.2) is 29.8 Å². The molecule has 0 aliphatic heterocycles. The minimum atomic E-state index is -3.39. The third-order valence-electron chi connectivity index (χ3n) is 3.89. The quantitative estimate of drug-likeness (QED) is 0.410. The van der Waals surface area contributed by atoms with Gasteiger partial charge in [-0.2, -0.15) is 0 Å². The molecule has 130 valence electrons. The molecule has 2 unspecified atom stereocenters. The number of hydrogen-bond acceptors (Lipinski definition) is 6. The largest absolute Gasteiger partial charge is 0.481 e. The zero-order chi connectivity index (χ0) is 19.1. The highest BCUT2D eigenvalue weighted by atomic mass is 16.6. The molecule has 0 radical (unpaired) electrons. The van der Waals surface area contributed by atoms with Crippen LogP contribution < -0.4 is 0 Å². The Morgan fingerprint density at radius 1 is 1.00 bits per heavy atom. The van der Waals surface area contributed by atoms with Crippen molar-refractivity contribution >= 4 is 29.5 Å². The highest BCUT2D eigenvalue weighted by Crippen LogP contribution is 2.48. The first-order chi connectivity index (χ1) is 11.6. The summed E-state index contributed by atoms with van der Waals surface area (Å²) in [6, 6.07) is 4.25. The summed E-state index contributed by atoms with van der Waals surface area (Å²) in [4.78, 5) is 56.6. The third kappa shape index (κ3) is 2.21. The van der Waals surface area contributed by atoms with Gasteiger partial charge >= 0.3 is 29.4 Å². The van der Waals surface area contributed by atoms with E-state index in [1.165, 1.54) is 6.07 Å². The van der Waals surface area contributed by atoms with Crippen molar-refractivity contribution in [1.82, 2.24) is 0 Å².